The Morgan fingerprint density at radius 3 is 2.69 bits per heavy atom. The fraction of sp³-hybridized carbons (Fsp3) is 0.125. The van der Waals surface area contributed by atoms with Crippen molar-refractivity contribution >= 4 is 27.6 Å². The molecule has 0 bridgehead atoms. The maximum absolute atomic E-state index is 13.1. The fourth-order valence-corrected chi connectivity index (χ4v) is 1.62. The van der Waals surface area contributed by atoms with Crippen LogP contribution in [0.15, 0.2) is 10.5 Å². The summed E-state index contributed by atoms with van der Waals surface area (Å²) < 4.78 is 13.3. The first-order valence-corrected chi connectivity index (χ1v) is 4.21. The maximum atomic E-state index is 13.1. The lowest BCUT2D eigenvalue weighted by Crippen LogP contribution is -2.07. The molecule has 0 aliphatic rings. The highest BCUT2D eigenvalue weighted by Gasteiger charge is 2.17. The molecule has 0 aliphatic carbocycles. The van der Waals surface area contributed by atoms with Gasteiger partial charge in [-0.05, 0) is 34.5 Å². The monoisotopic (exact) mass is 247 g/mol. The first-order chi connectivity index (χ1) is 5.95. The Bertz CT molecular complexity index is 379. The zero-order valence-corrected chi connectivity index (χ0v) is 8.35. The Labute approximate surface area is 82.5 Å². The van der Waals surface area contributed by atoms with Gasteiger partial charge >= 0.3 is 5.97 Å². The van der Waals surface area contributed by atoms with Gasteiger partial charge in [-0.1, -0.05) is 0 Å². The smallest absolute Gasteiger partial charge is 0.338 e. The van der Waals surface area contributed by atoms with Crippen LogP contribution >= 0.6 is 15.9 Å². The SMILES string of the molecule is Cc1cc(Br)c(F)c(N)c1C(=O)O. The minimum absolute atomic E-state index is 0.174. The van der Waals surface area contributed by atoms with E-state index in [1.807, 2.05) is 0 Å². The van der Waals surface area contributed by atoms with Crippen LogP contribution in [0.4, 0.5) is 10.1 Å². The van der Waals surface area contributed by atoms with Gasteiger partial charge in [0.25, 0.3) is 0 Å². The lowest BCUT2D eigenvalue weighted by Gasteiger charge is -2.07. The third-order valence-corrected chi connectivity index (χ3v) is 2.24. The van der Waals surface area contributed by atoms with Crippen molar-refractivity contribution < 1.29 is 14.3 Å². The highest BCUT2D eigenvalue weighted by molar-refractivity contribution is 9.10. The summed E-state index contributed by atoms with van der Waals surface area (Å²) in [7, 11) is 0. The van der Waals surface area contributed by atoms with Crippen LogP contribution in [0, 0.1) is 12.7 Å². The van der Waals surface area contributed by atoms with Gasteiger partial charge in [-0.2, -0.15) is 0 Å². The summed E-state index contributed by atoms with van der Waals surface area (Å²) >= 11 is 2.93. The second-order valence-electron chi connectivity index (χ2n) is 2.58. The molecular weight excluding hydrogens is 241 g/mol. The Morgan fingerprint density at radius 2 is 2.23 bits per heavy atom. The number of carboxylic acid groups (broad SMARTS) is 1. The first-order valence-electron chi connectivity index (χ1n) is 3.42. The van der Waals surface area contributed by atoms with Crippen molar-refractivity contribution in [3.63, 3.8) is 0 Å². The van der Waals surface area contributed by atoms with E-state index in [1.54, 1.807) is 6.92 Å². The van der Waals surface area contributed by atoms with E-state index >= 15 is 0 Å². The quantitative estimate of drug-likeness (QED) is 0.748. The number of rotatable bonds is 1. The number of anilines is 1. The predicted molar refractivity (Wildman–Crippen MR) is 50.2 cm³/mol. The molecule has 1 aromatic carbocycles. The normalized spacial score (nSPS) is 10.1. The second-order valence-corrected chi connectivity index (χ2v) is 3.44. The number of carboxylic acids is 1. The standard InChI is InChI=1S/C8H7BrFNO2/c1-3-2-4(9)6(10)7(11)5(3)8(12)13/h2H,11H2,1H3,(H,12,13). The molecule has 1 rings (SSSR count). The van der Waals surface area contributed by atoms with Gasteiger partial charge in [0.1, 0.15) is 0 Å². The summed E-state index contributed by atoms with van der Waals surface area (Å²) in [6, 6.07) is 1.38. The van der Waals surface area contributed by atoms with E-state index in [-0.39, 0.29) is 15.7 Å². The van der Waals surface area contributed by atoms with Gasteiger partial charge in [0, 0.05) is 0 Å². The Hall–Kier alpha value is -1.10. The third kappa shape index (κ3) is 1.65. The Kier molecular flexibility index (Phi) is 2.56. The fourth-order valence-electron chi connectivity index (χ4n) is 1.06. The van der Waals surface area contributed by atoms with Crippen LogP contribution in [0.3, 0.4) is 0 Å². The second kappa shape index (κ2) is 3.33. The van der Waals surface area contributed by atoms with Crippen LogP contribution in [0.25, 0.3) is 0 Å². The van der Waals surface area contributed by atoms with E-state index in [2.05, 4.69) is 15.9 Å². The van der Waals surface area contributed by atoms with Crippen molar-refractivity contribution in [3.05, 3.63) is 27.5 Å². The molecule has 0 atom stereocenters. The molecule has 3 nitrogen and oxygen atoms in total. The van der Waals surface area contributed by atoms with Crippen molar-refractivity contribution in [3.8, 4) is 0 Å². The number of nitrogen functional groups attached to an aromatic ring is 1. The molecule has 0 aliphatic heterocycles. The number of benzene rings is 1. The van der Waals surface area contributed by atoms with E-state index in [1.165, 1.54) is 6.07 Å². The molecule has 13 heavy (non-hydrogen) atoms. The number of nitrogens with two attached hydrogens (primary N) is 1. The molecule has 0 saturated carbocycles. The van der Waals surface area contributed by atoms with Crippen LogP contribution < -0.4 is 5.73 Å². The minimum Gasteiger partial charge on any atom is -0.478 e. The molecule has 0 saturated heterocycles. The molecule has 0 heterocycles. The molecule has 0 radical (unpaired) electrons. The van der Waals surface area contributed by atoms with Gasteiger partial charge in [-0.25, -0.2) is 9.18 Å². The van der Waals surface area contributed by atoms with E-state index < -0.39 is 11.8 Å². The summed E-state index contributed by atoms with van der Waals surface area (Å²) in [6.07, 6.45) is 0. The third-order valence-electron chi connectivity index (χ3n) is 1.67. The van der Waals surface area contributed by atoms with Crippen molar-refractivity contribution in [1.82, 2.24) is 0 Å². The first kappa shape index (κ1) is 9.98. The van der Waals surface area contributed by atoms with Crippen molar-refractivity contribution in [2.45, 2.75) is 6.92 Å². The maximum Gasteiger partial charge on any atom is 0.338 e. The molecule has 5 heteroatoms. The summed E-state index contributed by atoms with van der Waals surface area (Å²) in [5.41, 5.74) is 5.21. The van der Waals surface area contributed by atoms with Gasteiger partial charge in [-0.3, -0.25) is 0 Å². The lowest BCUT2D eigenvalue weighted by atomic mass is 10.1. The molecule has 1 aromatic rings. The average Bonchev–Trinajstić information content (AvgIpc) is 1.99. The van der Waals surface area contributed by atoms with Gasteiger partial charge in [-0.15, -0.1) is 0 Å². The number of hydrogen-bond acceptors (Lipinski definition) is 2. The van der Waals surface area contributed by atoms with Crippen LogP contribution in [0.5, 0.6) is 0 Å². The molecule has 0 unspecified atom stereocenters. The van der Waals surface area contributed by atoms with Crippen LogP contribution in [-0.4, -0.2) is 11.1 Å². The molecule has 3 N–H and O–H groups in total. The molecule has 0 aromatic heterocycles. The predicted octanol–water partition coefficient (Wildman–Crippen LogP) is 2.18. The van der Waals surface area contributed by atoms with E-state index in [9.17, 15) is 9.18 Å². The zero-order chi connectivity index (χ0) is 10.2. The molecule has 0 amide bonds. The van der Waals surface area contributed by atoms with Crippen molar-refractivity contribution in [2.24, 2.45) is 0 Å². The van der Waals surface area contributed by atoms with Crippen molar-refractivity contribution in [2.75, 3.05) is 5.73 Å². The van der Waals surface area contributed by atoms with E-state index in [0.717, 1.165) is 0 Å². The Morgan fingerprint density at radius 1 is 1.69 bits per heavy atom. The highest BCUT2D eigenvalue weighted by atomic mass is 79.9. The van der Waals surface area contributed by atoms with Gasteiger partial charge in [0.05, 0.1) is 15.7 Å². The number of halogens is 2. The average molecular weight is 248 g/mol. The number of aryl methyl sites for hydroxylation is 1. The lowest BCUT2D eigenvalue weighted by molar-refractivity contribution is 0.0697. The molecular formula is C8H7BrFNO2. The highest BCUT2D eigenvalue weighted by Crippen LogP contribution is 2.27. The van der Waals surface area contributed by atoms with Gasteiger partial charge in [0.2, 0.25) is 0 Å². The van der Waals surface area contributed by atoms with E-state index in [0.29, 0.717) is 5.56 Å². The summed E-state index contributed by atoms with van der Waals surface area (Å²) in [4.78, 5) is 10.6. The summed E-state index contributed by atoms with van der Waals surface area (Å²) in [6.45, 7) is 1.56. The number of hydrogen-bond donors (Lipinski definition) is 2. The van der Waals surface area contributed by atoms with Gasteiger partial charge in [0.15, 0.2) is 5.82 Å². The van der Waals surface area contributed by atoms with Crippen molar-refractivity contribution in [1.29, 1.82) is 0 Å². The number of aromatic carboxylic acids is 1. The van der Waals surface area contributed by atoms with E-state index in [4.69, 9.17) is 10.8 Å². The minimum atomic E-state index is -1.22. The summed E-state index contributed by atoms with van der Waals surface area (Å²) in [5.74, 6) is -1.95. The molecule has 0 spiro atoms. The Balaban J connectivity index is 3.53. The zero-order valence-electron chi connectivity index (χ0n) is 6.77. The number of carbonyl (C=O) groups is 1. The topological polar surface area (TPSA) is 63.3 Å². The molecule has 0 fully saturated rings. The van der Waals surface area contributed by atoms with Gasteiger partial charge < -0.3 is 10.8 Å². The summed E-state index contributed by atoms with van der Waals surface area (Å²) in [5, 5.41) is 8.70. The van der Waals surface area contributed by atoms with Crippen LogP contribution in [0.2, 0.25) is 0 Å². The van der Waals surface area contributed by atoms with Crippen LogP contribution in [0.1, 0.15) is 15.9 Å². The molecule has 70 valence electrons. The van der Waals surface area contributed by atoms with Crippen LogP contribution in [-0.2, 0) is 0 Å². The largest absolute Gasteiger partial charge is 0.478 e.